The molecule has 108 valence electrons. The molecular weight excluding hydrogens is 264 g/mol. The smallest absolute Gasteiger partial charge is 0.262 e. The predicted molar refractivity (Wildman–Crippen MR) is 83.8 cm³/mol. The molecule has 4 nitrogen and oxygen atoms in total. The molecule has 3 rings (SSSR count). The Hall–Kier alpha value is -2.49. The van der Waals surface area contributed by atoms with E-state index in [1.807, 2.05) is 30.3 Å². The van der Waals surface area contributed by atoms with E-state index in [4.69, 9.17) is 10.5 Å². The molecular formula is C17H18N2O2. The fraction of sp³-hybridized carbons (Fsp3) is 0.235. The number of nitrogens with zero attached hydrogens (tertiary/aromatic N) is 1. The zero-order chi connectivity index (χ0) is 14.8. The molecule has 21 heavy (non-hydrogen) atoms. The third kappa shape index (κ3) is 2.33. The van der Waals surface area contributed by atoms with Gasteiger partial charge in [-0.25, -0.2) is 0 Å². The molecule has 0 saturated carbocycles. The molecule has 2 aromatic carbocycles. The zero-order valence-electron chi connectivity index (χ0n) is 12.0. The summed E-state index contributed by atoms with van der Waals surface area (Å²) in [6.07, 6.45) is 1.83. The molecule has 0 radical (unpaired) electrons. The summed E-state index contributed by atoms with van der Waals surface area (Å²) in [6.45, 7) is 0.702. The van der Waals surface area contributed by atoms with E-state index < -0.39 is 0 Å². The lowest BCUT2D eigenvalue weighted by molar-refractivity contribution is 0.0982. The van der Waals surface area contributed by atoms with Gasteiger partial charge in [0.1, 0.15) is 5.75 Å². The first-order valence-corrected chi connectivity index (χ1v) is 7.04. The van der Waals surface area contributed by atoms with Crippen molar-refractivity contribution in [2.45, 2.75) is 12.8 Å². The van der Waals surface area contributed by atoms with E-state index >= 15 is 0 Å². The summed E-state index contributed by atoms with van der Waals surface area (Å²) in [6, 6.07) is 13.0. The molecule has 0 bridgehead atoms. The van der Waals surface area contributed by atoms with Gasteiger partial charge in [-0.1, -0.05) is 18.2 Å². The fourth-order valence-corrected chi connectivity index (χ4v) is 2.83. The van der Waals surface area contributed by atoms with Crippen molar-refractivity contribution in [3.63, 3.8) is 0 Å². The minimum atomic E-state index is -0.0426. The number of carbonyl (C=O) groups excluding carboxylic acids is 1. The highest BCUT2D eigenvalue weighted by molar-refractivity contribution is 6.08. The average Bonchev–Trinajstić information content (AvgIpc) is 2.54. The Morgan fingerprint density at radius 3 is 2.81 bits per heavy atom. The number of hydrogen-bond acceptors (Lipinski definition) is 3. The molecule has 1 heterocycles. The Balaban J connectivity index is 2.03. The van der Waals surface area contributed by atoms with Gasteiger partial charge in [0, 0.05) is 17.9 Å². The molecule has 2 N–H and O–H groups in total. The third-order valence-electron chi connectivity index (χ3n) is 3.87. The Morgan fingerprint density at radius 2 is 2.00 bits per heavy atom. The lowest BCUT2D eigenvalue weighted by atomic mass is 9.99. The molecule has 0 fully saturated rings. The summed E-state index contributed by atoms with van der Waals surface area (Å²) < 4.78 is 5.30. The van der Waals surface area contributed by atoms with E-state index in [0.717, 1.165) is 29.8 Å². The van der Waals surface area contributed by atoms with Crippen LogP contribution >= 0.6 is 0 Å². The average molecular weight is 282 g/mol. The van der Waals surface area contributed by atoms with Crippen molar-refractivity contribution in [1.29, 1.82) is 0 Å². The second-order valence-corrected chi connectivity index (χ2v) is 5.11. The van der Waals surface area contributed by atoms with Gasteiger partial charge in [0.25, 0.3) is 5.91 Å². The molecule has 2 aromatic rings. The number of methoxy groups -OCH3 is 1. The number of rotatable bonds is 2. The highest BCUT2D eigenvalue weighted by atomic mass is 16.5. The molecule has 0 aliphatic carbocycles. The predicted octanol–water partition coefficient (Wildman–Crippen LogP) is 2.87. The van der Waals surface area contributed by atoms with Crippen LogP contribution in [0.5, 0.6) is 5.75 Å². The molecule has 0 saturated heterocycles. The SMILES string of the molecule is COc1ccccc1C(=O)N1CCCc2c(N)cccc21. The van der Waals surface area contributed by atoms with E-state index in [0.29, 0.717) is 17.9 Å². The maximum Gasteiger partial charge on any atom is 0.262 e. The van der Waals surface area contributed by atoms with Crippen LogP contribution in [0, 0.1) is 0 Å². The molecule has 0 atom stereocenters. The number of amides is 1. The van der Waals surface area contributed by atoms with Gasteiger partial charge in [-0.05, 0) is 42.7 Å². The number of ether oxygens (including phenoxy) is 1. The number of carbonyl (C=O) groups is 1. The summed E-state index contributed by atoms with van der Waals surface area (Å²) in [7, 11) is 1.58. The van der Waals surface area contributed by atoms with Crippen LogP contribution < -0.4 is 15.4 Å². The number of hydrogen-bond donors (Lipinski definition) is 1. The first kappa shape index (κ1) is 13.5. The van der Waals surface area contributed by atoms with Crippen LogP contribution in [0.15, 0.2) is 42.5 Å². The molecule has 4 heteroatoms. The normalized spacial score (nSPS) is 13.7. The summed E-state index contributed by atoms with van der Waals surface area (Å²) in [5, 5.41) is 0. The zero-order valence-corrected chi connectivity index (χ0v) is 12.0. The monoisotopic (exact) mass is 282 g/mol. The Labute approximate surface area is 124 Å². The van der Waals surface area contributed by atoms with E-state index in [1.165, 1.54) is 0 Å². The fourth-order valence-electron chi connectivity index (χ4n) is 2.83. The maximum atomic E-state index is 12.9. The number of anilines is 2. The molecule has 0 aromatic heterocycles. The Morgan fingerprint density at radius 1 is 1.19 bits per heavy atom. The molecule has 1 aliphatic heterocycles. The molecule has 1 aliphatic rings. The second-order valence-electron chi connectivity index (χ2n) is 5.11. The van der Waals surface area contributed by atoms with Gasteiger partial charge in [0.2, 0.25) is 0 Å². The van der Waals surface area contributed by atoms with Crippen molar-refractivity contribution in [1.82, 2.24) is 0 Å². The number of nitrogen functional groups attached to an aromatic ring is 1. The minimum Gasteiger partial charge on any atom is -0.496 e. The second kappa shape index (κ2) is 5.48. The van der Waals surface area contributed by atoms with Gasteiger partial charge in [-0.2, -0.15) is 0 Å². The van der Waals surface area contributed by atoms with E-state index in [9.17, 15) is 4.79 Å². The van der Waals surface area contributed by atoms with Crippen molar-refractivity contribution in [3.05, 3.63) is 53.6 Å². The van der Waals surface area contributed by atoms with Crippen LogP contribution in [-0.4, -0.2) is 19.6 Å². The van der Waals surface area contributed by atoms with Crippen molar-refractivity contribution in [2.24, 2.45) is 0 Å². The number of benzene rings is 2. The lowest BCUT2D eigenvalue weighted by Gasteiger charge is -2.30. The summed E-state index contributed by atoms with van der Waals surface area (Å²) in [5.41, 5.74) is 9.35. The largest absolute Gasteiger partial charge is 0.496 e. The van der Waals surface area contributed by atoms with Crippen molar-refractivity contribution in [3.8, 4) is 5.75 Å². The summed E-state index contributed by atoms with van der Waals surface area (Å²) >= 11 is 0. The quantitative estimate of drug-likeness (QED) is 0.862. The summed E-state index contributed by atoms with van der Waals surface area (Å²) in [4.78, 5) is 14.7. The Bertz CT molecular complexity index is 682. The third-order valence-corrected chi connectivity index (χ3v) is 3.87. The maximum absolute atomic E-state index is 12.9. The van der Waals surface area contributed by atoms with Crippen LogP contribution in [0.4, 0.5) is 11.4 Å². The van der Waals surface area contributed by atoms with E-state index in [1.54, 1.807) is 24.1 Å². The van der Waals surface area contributed by atoms with Gasteiger partial charge in [0.05, 0.1) is 12.7 Å². The van der Waals surface area contributed by atoms with Crippen molar-refractivity contribution in [2.75, 3.05) is 24.3 Å². The van der Waals surface area contributed by atoms with E-state index in [-0.39, 0.29) is 5.91 Å². The van der Waals surface area contributed by atoms with Crippen LogP contribution in [0.2, 0.25) is 0 Å². The number of nitrogens with two attached hydrogens (primary N) is 1. The molecule has 0 unspecified atom stereocenters. The highest BCUT2D eigenvalue weighted by Crippen LogP contribution is 2.33. The standard InChI is InChI=1S/C17H18N2O2/c1-21-16-10-3-2-6-13(16)17(20)19-11-5-7-12-14(18)8-4-9-15(12)19/h2-4,6,8-10H,5,7,11,18H2,1H3. The minimum absolute atomic E-state index is 0.0426. The number of para-hydroxylation sites is 1. The summed E-state index contributed by atoms with van der Waals surface area (Å²) in [5.74, 6) is 0.553. The van der Waals surface area contributed by atoms with Gasteiger partial charge in [-0.15, -0.1) is 0 Å². The Kier molecular flexibility index (Phi) is 3.52. The number of fused-ring (bicyclic) bond motifs is 1. The first-order valence-electron chi connectivity index (χ1n) is 7.04. The van der Waals surface area contributed by atoms with Crippen molar-refractivity contribution < 1.29 is 9.53 Å². The van der Waals surface area contributed by atoms with Gasteiger partial charge < -0.3 is 15.4 Å². The van der Waals surface area contributed by atoms with Crippen LogP contribution in [-0.2, 0) is 6.42 Å². The molecule has 1 amide bonds. The van der Waals surface area contributed by atoms with Gasteiger partial charge in [0.15, 0.2) is 0 Å². The van der Waals surface area contributed by atoms with Gasteiger partial charge >= 0.3 is 0 Å². The van der Waals surface area contributed by atoms with Crippen molar-refractivity contribution >= 4 is 17.3 Å². The van der Waals surface area contributed by atoms with Crippen LogP contribution in [0.3, 0.4) is 0 Å². The van der Waals surface area contributed by atoms with E-state index in [2.05, 4.69) is 0 Å². The molecule has 0 spiro atoms. The van der Waals surface area contributed by atoms with Crippen LogP contribution in [0.1, 0.15) is 22.3 Å². The van der Waals surface area contributed by atoms with Crippen LogP contribution in [0.25, 0.3) is 0 Å². The first-order chi connectivity index (χ1) is 10.2. The topological polar surface area (TPSA) is 55.6 Å². The lowest BCUT2D eigenvalue weighted by Crippen LogP contribution is -2.35. The highest BCUT2D eigenvalue weighted by Gasteiger charge is 2.26. The van der Waals surface area contributed by atoms with Gasteiger partial charge in [-0.3, -0.25) is 4.79 Å².